The summed E-state index contributed by atoms with van der Waals surface area (Å²) in [6.45, 7) is 0.641. The first-order valence-electron chi connectivity index (χ1n) is 4.78. The first-order chi connectivity index (χ1) is 7.36. The van der Waals surface area contributed by atoms with Gasteiger partial charge in [0.15, 0.2) is 0 Å². The van der Waals surface area contributed by atoms with Crippen LogP contribution in [0.15, 0.2) is 40.4 Å². The predicted octanol–water partition coefficient (Wildman–Crippen LogP) is 0.954. The van der Waals surface area contributed by atoms with Gasteiger partial charge in [-0.05, 0) is 5.56 Å². The highest BCUT2D eigenvalue weighted by atomic mass is 16.3. The van der Waals surface area contributed by atoms with E-state index in [2.05, 4.69) is 10.1 Å². The Hall–Kier alpha value is -1.68. The maximum absolute atomic E-state index is 8.78. The Labute approximate surface area is 89.2 Å². The number of aliphatic hydroxyl groups excluding tert-OH is 1. The van der Waals surface area contributed by atoms with Crippen molar-refractivity contribution < 1.29 is 5.11 Å². The van der Waals surface area contributed by atoms with E-state index in [1.54, 1.807) is 0 Å². The number of nitrogens with zero attached hydrogens (tertiary/aromatic N) is 2. The maximum atomic E-state index is 8.78. The van der Waals surface area contributed by atoms with Crippen molar-refractivity contribution in [1.29, 1.82) is 0 Å². The van der Waals surface area contributed by atoms with Crippen molar-refractivity contribution in [1.82, 2.24) is 0 Å². The van der Waals surface area contributed by atoms with E-state index in [0.717, 1.165) is 5.56 Å². The van der Waals surface area contributed by atoms with Crippen LogP contribution >= 0.6 is 0 Å². The van der Waals surface area contributed by atoms with E-state index >= 15 is 0 Å². The summed E-state index contributed by atoms with van der Waals surface area (Å²) in [5.41, 5.74) is 1.84. The summed E-state index contributed by atoms with van der Waals surface area (Å²) >= 11 is 0. The highest BCUT2D eigenvalue weighted by Gasteiger charge is 1.94. The Balaban J connectivity index is 2.61. The average molecular weight is 205 g/mol. The summed E-state index contributed by atoms with van der Waals surface area (Å²) in [6, 6.07) is 9.89. The lowest BCUT2D eigenvalue weighted by Gasteiger charge is -1.99. The average Bonchev–Trinajstić information content (AvgIpc) is 2.28. The van der Waals surface area contributed by atoms with Crippen molar-refractivity contribution in [3.05, 3.63) is 35.9 Å². The fraction of sp³-hybridized carbons (Fsp3) is 0.273. The molecule has 0 bridgehead atoms. The molecule has 0 heterocycles. The number of rotatable bonds is 5. The Morgan fingerprint density at radius 3 is 2.67 bits per heavy atom. The molecule has 3 N–H and O–H groups in total. The van der Waals surface area contributed by atoms with Gasteiger partial charge in [0.2, 0.25) is 0 Å². The van der Waals surface area contributed by atoms with Crippen LogP contribution in [0.2, 0.25) is 0 Å². The predicted molar refractivity (Wildman–Crippen MR) is 62.0 cm³/mol. The molecule has 4 nitrogen and oxygen atoms in total. The SMILES string of the molecule is NN=CC(CCO)=NCc1ccccc1. The lowest BCUT2D eigenvalue weighted by atomic mass is 10.2. The zero-order chi connectivity index (χ0) is 10.9. The van der Waals surface area contributed by atoms with Crippen molar-refractivity contribution in [2.45, 2.75) is 13.0 Å². The molecule has 1 aromatic carbocycles. The molecule has 1 aromatic rings. The normalized spacial score (nSPS) is 12.2. The molecule has 0 amide bonds. The Morgan fingerprint density at radius 2 is 2.07 bits per heavy atom. The number of aliphatic imine (C=N–C) groups is 1. The zero-order valence-corrected chi connectivity index (χ0v) is 8.50. The smallest absolute Gasteiger partial charge is 0.0677 e. The van der Waals surface area contributed by atoms with E-state index in [9.17, 15) is 0 Å². The Morgan fingerprint density at radius 1 is 1.33 bits per heavy atom. The standard InChI is InChI=1S/C11H15N3O/c12-14-9-11(6-7-15)13-8-10-4-2-1-3-5-10/h1-5,9,15H,6-8,12H2. The lowest BCUT2D eigenvalue weighted by molar-refractivity contribution is 0.307. The molecule has 0 atom stereocenters. The van der Waals surface area contributed by atoms with Gasteiger partial charge >= 0.3 is 0 Å². The van der Waals surface area contributed by atoms with E-state index in [4.69, 9.17) is 10.9 Å². The molecule has 0 saturated carbocycles. The largest absolute Gasteiger partial charge is 0.396 e. The van der Waals surface area contributed by atoms with Gasteiger partial charge in [-0.25, -0.2) is 0 Å². The Kier molecular flexibility index (Phi) is 5.11. The van der Waals surface area contributed by atoms with Gasteiger partial charge in [-0.2, -0.15) is 5.10 Å². The van der Waals surface area contributed by atoms with Gasteiger partial charge in [0.05, 0.1) is 18.5 Å². The first-order valence-corrected chi connectivity index (χ1v) is 4.78. The van der Waals surface area contributed by atoms with E-state index in [1.807, 2.05) is 30.3 Å². The number of aliphatic hydroxyl groups is 1. The Bertz CT molecular complexity index is 333. The molecule has 1 rings (SSSR count). The third kappa shape index (κ3) is 4.37. The van der Waals surface area contributed by atoms with Crippen molar-refractivity contribution in [2.24, 2.45) is 15.9 Å². The second-order valence-corrected chi connectivity index (χ2v) is 3.04. The molecule has 80 valence electrons. The van der Waals surface area contributed by atoms with Gasteiger partial charge in [-0.15, -0.1) is 0 Å². The van der Waals surface area contributed by atoms with Gasteiger partial charge < -0.3 is 10.9 Å². The molecule has 4 heteroatoms. The van der Waals surface area contributed by atoms with Crippen LogP contribution < -0.4 is 5.84 Å². The molecule has 0 saturated heterocycles. The lowest BCUT2D eigenvalue weighted by Crippen LogP contribution is -2.05. The molecule has 0 aliphatic carbocycles. The number of hydrazone groups is 1. The minimum atomic E-state index is 0.0552. The summed E-state index contributed by atoms with van der Waals surface area (Å²) in [7, 11) is 0. The summed E-state index contributed by atoms with van der Waals surface area (Å²) in [4.78, 5) is 4.30. The molecule has 0 fully saturated rings. The maximum Gasteiger partial charge on any atom is 0.0677 e. The van der Waals surface area contributed by atoms with Crippen molar-refractivity contribution in [2.75, 3.05) is 6.61 Å². The molecule has 0 aromatic heterocycles. The second-order valence-electron chi connectivity index (χ2n) is 3.04. The summed E-state index contributed by atoms with van der Waals surface area (Å²) < 4.78 is 0. The third-order valence-corrected chi connectivity index (χ3v) is 1.90. The van der Waals surface area contributed by atoms with Crippen molar-refractivity contribution in [3.63, 3.8) is 0 Å². The number of hydrogen-bond acceptors (Lipinski definition) is 4. The summed E-state index contributed by atoms with van der Waals surface area (Å²) in [5, 5.41) is 12.2. The molecule has 15 heavy (non-hydrogen) atoms. The van der Waals surface area contributed by atoms with Crippen LogP contribution in [0.5, 0.6) is 0 Å². The van der Waals surface area contributed by atoms with Crippen LogP contribution in [-0.2, 0) is 6.54 Å². The fourth-order valence-electron chi connectivity index (χ4n) is 1.16. The number of nitrogens with two attached hydrogens (primary N) is 1. The number of benzene rings is 1. The summed E-state index contributed by atoms with van der Waals surface area (Å²) in [5.74, 6) is 5.04. The van der Waals surface area contributed by atoms with Crippen LogP contribution in [0.1, 0.15) is 12.0 Å². The third-order valence-electron chi connectivity index (χ3n) is 1.90. The van der Waals surface area contributed by atoms with E-state index in [0.29, 0.717) is 18.7 Å². The van der Waals surface area contributed by atoms with Crippen molar-refractivity contribution >= 4 is 11.9 Å². The fourth-order valence-corrected chi connectivity index (χ4v) is 1.16. The van der Waals surface area contributed by atoms with Crippen LogP contribution in [0.4, 0.5) is 0 Å². The molecule has 0 aliphatic heterocycles. The molecule has 0 spiro atoms. The van der Waals surface area contributed by atoms with E-state index in [1.165, 1.54) is 6.21 Å². The van der Waals surface area contributed by atoms with Crippen molar-refractivity contribution in [3.8, 4) is 0 Å². The molecule has 0 aliphatic rings. The number of hydrogen-bond donors (Lipinski definition) is 2. The van der Waals surface area contributed by atoms with Gasteiger partial charge in [-0.1, -0.05) is 30.3 Å². The molecular formula is C11H15N3O. The van der Waals surface area contributed by atoms with Gasteiger partial charge in [-0.3, -0.25) is 4.99 Å². The van der Waals surface area contributed by atoms with Crippen LogP contribution in [0, 0.1) is 0 Å². The second kappa shape index (κ2) is 6.73. The quantitative estimate of drug-likeness (QED) is 0.427. The highest BCUT2D eigenvalue weighted by molar-refractivity contribution is 6.30. The van der Waals surface area contributed by atoms with Crippen LogP contribution in [0.25, 0.3) is 0 Å². The van der Waals surface area contributed by atoms with Gasteiger partial charge in [0.1, 0.15) is 0 Å². The minimum absolute atomic E-state index is 0.0552. The zero-order valence-electron chi connectivity index (χ0n) is 8.50. The van der Waals surface area contributed by atoms with Crippen LogP contribution in [-0.4, -0.2) is 23.6 Å². The van der Waals surface area contributed by atoms with E-state index < -0.39 is 0 Å². The summed E-state index contributed by atoms with van der Waals surface area (Å²) in [6.07, 6.45) is 1.95. The molecule has 0 unspecified atom stereocenters. The molecule has 0 radical (unpaired) electrons. The first kappa shape index (κ1) is 11.4. The highest BCUT2D eigenvalue weighted by Crippen LogP contribution is 2.00. The van der Waals surface area contributed by atoms with Gasteiger partial charge in [0.25, 0.3) is 0 Å². The molecular weight excluding hydrogens is 190 g/mol. The minimum Gasteiger partial charge on any atom is -0.396 e. The van der Waals surface area contributed by atoms with Gasteiger partial charge in [0, 0.05) is 13.0 Å². The monoisotopic (exact) mass is 205 g/mol. The topological polar surface area (TPSA) is 71.0 Å². The van der Waals surface area contributed by atoms with E-state index in [-0.39, 0.29) is 6.61 Å². The van der Waals surface area contributed by atoms with Crippen LogP contribution in [0.3, 0.4) is 0 Å².